The molecule has 8 heteroatoms. The smallest absolute Gasteiger partial charge is 0.409 e. The molecule has 0 saturated heterocycles. The fraction of sp³-hybridized carbons (Fsp3) is 0. The molecule has 0 radical (unpaired) electrons. The third-order valence-electron chi connectivity index (χ3n) is 3.49. The Hall–Kier alpha value is -3.45. The molecule has 3 rings (SSSR count). The van der Waals surface area contributed by atoms with Crippen LogP contribution in [0, 0.1) is 0 Å². The summed E-state index contributed by atoms with van der Waals surface area (Å²) in [6, 6.07) is 13.8. The third-order valence-corrected chi connectivity index (χ3v) is 3.74. The number of hydrogen-bond acceptors (Lipinski definition) is 4. The number of ketones is 1. The third kappa shape index (κ3) is 3.79. The molecule has 7 nitrogen and oxygen atoms in total. The van der Waals surface area contributed by atoms with Crippen LogP contribution in [0.25, 0.3) is 5.69 Å². The van der Waals surface area contributed by atoms with Crippen molar-refractivity contribution in [2.24, 2.45) is 0 Å². The molecule has 0 spiro atoms. The molecule has 1 heterocycles. The first kappa shape index (κ1) is 17.4. The van der Waals surface area contributed by atoms with E-state index in [0.29, 0.717) is 10.7 Å². The van der Waals surface area contributed by atoms with Gasteiger partial charge in [-0.2, -0.15) is 5.10 Å². The number of benzene rings is 2. The maximum atomic E-state index is 12.7. The topological polar surface area (TPSA) is 101 Å². The summed E-state index contributed by atoms with van der Waals surface area (Å²) in [6.07, 6.45) is 0.197. The van der Waals surface area contributed by atoms with Crippen molar-refractivity contribution in [3.63, 3.8) is 0 Å². The number of carboxylic acid groups (broad SMARTS) is 1. The Bertz CT molecular complexity index is 1040. The van der Waals surface area contributed by atoms with E-state index in [-0.39, 0.29) is 16.9 Å². The van der Waals surface area contributed by atoms with E-state index in [9.17, 15) is 14.4 Å². The van der Waals surface area contributed by atoms with Gasteiger partial charge >= 0.3 is 6.09 Å². The van der Waals surface area contributed by atoms with Crippen LogP contribution in [0.4, 0.5) is 10.5 Å². The number of halogens is 1. The zero-order chi connectivity index (χ0) is 18.7. The van der Waals surface area contributed by atoms with Gasteiger partial charge in [0.25, 0.3) is 0 Å². The lowest BCUT2D eigenvalue weighted by Crippen LogP contribution is -2.21. The normalized spacial score (nSPS) is 10.3. The van der Waals surface area contributed by atoms with Crippen molar-refractivity contribution in [2.45, 2.75) is 0 Å². The second kappa shape index (κ2) is 7.20. The Labute approximate surface area is 152 Å². The minimum absolute atomic E-state index is 0.148. The number of carbonyl (C=O) groups is 2. The largest absolute Gasteiger partial charge is 0.465 e. The Kier molecular flexibility index (Phi) is 4.81. The van der Waals surface area contributed by atoms with Crippen LogP contribution >= 0.6 is 11.6 Å². The molecule has 1 amide bonds. The molecule has 0 unspecified atom stereocenters. The highest BCUT2D eigenvalue weighted by Gasteiger charge is 2.16. The van der Waals surface area contributed by atoms with E-state index in [0.717, 1.165) is 0 Å². The first-order valence-corrected chi connectivity index (χ1v) is 7.82. The van der Waals surface area contributed by atoms with Crippen molar-refractivity contribution in [3.05, 3.63) is 87.3 Å². The summed E-state index contributed by atoms with van der Waals surface area (Å²) in [7, 11) is 0. The van der Waals surface area contributed by atoms with Crippen LogP contribution in [0.1, 0.15) is 16.1 Å². The number of rotatable bonds is 4. The Morgan fingerprint density at radius 1 is 1.08 bits per heavy atom. The van der Waals surface area contributed by atoms with Gasteiger partial charge in [0.15, 0.2) is 5.69 Å². The van der Waals surface area contributed by atoms with Crippen LogP contribution in [-0.4, -0.2) is 26.8 Å². The number of aromatic nitrogens is 2. The monoisotopic (exact) mass is 369 g/mol. The van der Waals surface area contributed by atoms with Gasteiger partial charge in [-0.3, -0.25) is 14.9 Å². The van der Waals surface area contributed by atoms with E-state index < -0.39 is 17.3 Å². The molecule has 3 aromatic rings. The Morgan fingerprint density at radius 2 is 1.81 bits per heavy atom. The molecule has 0 bridgehead atoms. The second-order valence-electron chi connectivity index (χ2n) is 5.29. The molecule has 0 fully saturated rings. The highest BCUT2D eigenvalue weighted by atomic mass is 35.5. The van der Waals surface area contributed by atoms with Crippen LogP contribution in [0.5, 0.6) is 0 Å². The summed E-state index contributed by atoms with van der Waals surface area (Å²) in [6.45, 7) is 0. The van der Waals surface area contributed by atoms with E-state index >= 15 is 0 Å². The minimum Gasteiger partial charge on any atom is -0.465 e. The van der Waals surface area contributed by atoms with Gasteiger partial charge in [-0.15, -0.1) is 0 Å². The lowest BCUT2D eigenvalue weighted by Gasteiger charge is -2.08. The van der Waals surface area contributed by atoms with Gasteiger partial charge in [0.05, 0.1) is 5.69 Å². The van der Waals surface area contributed by atoms with E-state index in [2.05, 4.69) is 10.4 Å². The molecule has 0 atom stereocenters. The van der Waals surface area contributed by atoms with E-state index in [1.165, 1.54) is 41.2 Å². The highest BCUT2D eigenvalue weighted by molar-refractivity contribution is 6.30. The molecular weight excluding hydrogens is 358 g/mol. The van der Waals surface area contributed by atoms with Gasteiger partial charge < -0.3 is 5.11 Å². The number of amides is 1. The van der Waals surface area contributed by atoms with Crippen LogP contribution in [0.2, 0.25) is 5.02 Å². The number of nitrogens with one attached hydrogen (secondary N) is 1. The molecule has 0 aliphatic heterocycles. The molecule has 26 heavy (non-hydrogen) atoms. The molecule has 2 aromatic carbocycles. The zero-order valence-corrected chi connectivity index (χ0v) is 14.0. The second-order valence-corrected chi connectivity index (χ2v) is 5.73. The number of nitrogens with zero attached hydrogens (tertiary/aromatic N) is 2. The fourth-order valence-electron chi connectivity index (χ4n) is 2.30. The lowest BCUT2D eigenvalue weighted by atomic mass is 10.1. The standard InChI is InChI=1S/C18H12ClN3O4/c19-12-4-6-14(7-5-12)22-9-8-15(23)16(21-22)17(24)11-2-1-3-13(10-11)20-18(25)26/h1-10,20H,(H,25,26). The molecule has 0 saturated carbocycles. The maximum Gasteiger partial charge on any atom is 0.409 e. The molecule has 1 aromatic heterocycles. The Balaban J connectivity index is 1.99. The lowest BCUT2D eigenvalue weighted by molar-refractivity contribution is 0.103. The number of anilines is 1. The summed E-state index contributed by atoms with van der Waals surface area (Å²) in [5, 5.41) is 15.6. The first-order valence-electron chi connectivity index (χ1n) is 7.45. The Morgan fingerprint density at radius 3 is 2.50 bits per heavy atom. The SMILES string of the molecule is O=C(O)Nc1cccc(C(=O)c2nn(-c3ccc(Cl)cc3)ccc2=O)c1. The molecule has 0 aliphatic rings. The average Bonchev–Trinajstić information content (AvgIpc) is 2.62. The minimum atomic E-state index is -1.25. The molecular formula is C18H12ClN3O4. The molecule has 2 N–H and O–H groups in total. The summed E-state index contributed by atoms with van der Waals surface area (Å²) in [5.74, 6) is -0.604. The van der Waals surface area contributed by atoms with Gasteiger partial charge in [-0.25, -0.2) is 9.48 Å². The quantitative estimate of drug-likeness (QED) is 0.687. The van der Waals surface area contributed by atoms with Crippen molar-refractivity contribution in [2.75, 3.05) is 5.32 Å². The van der Waals surface area contributed by atoms with Gasteiger partial charge in [0.1, 0.15) is 0 Å². The van der Waals surface area contributed by atoms with Crippen LogP contribution in [0.3, 0.4) is 0 Å². The number of carbonyl (C=O) groups excluding carboxylic acids is 1. The van der Waals surface area contributed by atoms with Crippen molar-refractivity contribution >= 4 is 29.2 Å². The van der Waals surface area contributed by atoms with E-state index in [4.69, 9.17) is 16.7 Å². The van der Waals surface area contributed by atoms with Gasteiger partial charge in [0, 0.05) is 28.5 Å². The summed E-state index contributed by atoms with van der Waals surface area (Å²) in [4.78, 5) is 35.5. The predicted molar refractivity (Wildman–Crippen MR) is 96.4 cm³/mol. The van der Waals surface area contributed by atoms with Gasteiger partial charge in [0.2, 0.25) is 11.2 Å². The average molecular weight is 370 g/mol. The predicted octanol–water partition coefficient (Wildman–Crippen LogP) is 3.21. The van der Waals surface area contributed by atoms with Crippen molar-refractivity contribution < 1.29 is 14.7 Å². The first-order chi connectivity index (χ1) is 12.4. The zero-order valence-electron chi connectivity index (χ0n) is 13.2. The fourth-order valence-corrected chi connectivity index (χ4v) is 2.43. The molecule has 0 aliphatic carbocycles. The summed E-state index contributed by atoms with van der Waals surface area (Å²) in [5.41, 5.74) is 0.198. The highest BCUT2D eigenvalue weighted by Crippen LogP contribution is 2.15. The molecule has 130 valence electrons. The summed E-state index contributed by atoms with van der Waals surface area (Å²) < 4.78 is 1.39. The summed E-state index contributed by atoms with van der Waals surface area (Å²) >= 11 is 5.86. The van der Waals surface area contributed by atoms with Crippen molar-refractivity contribution in [1.29, 1.82) is 0 Å². The van der Waals surface area contributed by atoms with E-state index in [1.807, 2.05) is 0 Å². The van der Waals surface area contributed by atoms with Gasteiger partial charge in [-0.05, 0) is 36.4 Å². The van der Waals surface area contributed by atoms with Gasteiger partial charge in [-0.1, -0.05) is 23.7 Å². The maximum absolute atomic E-state index is 12.7. The van der Waals surface area contributed by atoms with E-state index in [1.54, 1.807) is 24.3 Å². The van der Waals surface area contributed by atoms with Crippen LogP contribution < -0.4 is 10.7 Å². The van der Waals surface area contributed by atoms with Crippen LogP contribution in [0.15, 0.2) is 65.6 Å². The number of hydrogen-bond donors (Lipinski definition) is 2. The van der Waals surface area contributed by atoms with Crippen molar-refractivity contribution in [3.8, 4) is 5.69 Å². The van der Waals surface area contributed by atoms with Crippen molar-refractivity contribution in [1.82, 2.24) is 9.78 Å². The van der Waals surface area contributed by atoms with Crippen LogP contribution in [-0.2, 0) is 0 Å².